The smallest absolute Gasteiger partial charge is 0.340 e. The first-order chi connectivity index (χ1) is 15.5. The van der Waals surface area contributed by atoms with E-state index in [2.05, 4.69) is 15.2 Å². The number of hydrogen-bond donors (Lipinski definition) is 1. The molecule has 1 atom stereocenters. The Morgan fingerprint density at radius 1 is 1.28 bits per heavy atom. The Labute approximate surface area is 187 Å². The van der Waals surface area contributed by atoms with Crippen LogP contribution in [0.15, 0.2) is 28.9 Å². The third kappa shape index (κ3) is 5.38. The third-order valence-electron chi connectivity index (χ3n) is 5.41. The minimum atomic E-state index is -0.537. The number of likely N-dealkylation sites (N-methyl/N-ethyl adjacent to an activating group) is 1. The monoisotopic (exact) mass is 446 g/mol. The van der Waals surface area contributed by atoms with E-state index in [9.17, 15) is 9.59 Å². The van der Waals surface area contributed by atoms with Gasteiger partial charge in [-0.1, -0.05) is 0 Å². The minimum absolute atomic E-state index is 0.101. The second kappa shape index (κ2) is 11.0. The van der Waals surface area contributed by atoms with Crippen LogP contribution in [0.4, 0.5) is 17.4 Å². The Balaban J connectivity index is 1.79. The third-order valence-corrected chi connectivity index (χ3v) is 5.41. The second-order valence-electron chi connectivity index (χ2n) is 7.55. The van der Waals surface area contributed by atoms with E-state index < -0.39 is 11.9 Å². The van der Waals surface area contributed by atoms with Crippen LogP contribution in [0, 0.1) is 0 Å². The maximum Gasteiger partial charge on any atom is 0.340 e. The number of benzene rings is 1. The van der Waals surface area contributed by atoms with Gasteiger partial charge in [0.25, 0.3) is 11.9 Å². The number of esters is 1. The van der Waals surface area contributed by atoms with Crippen molar-refractivity contribution < 1.29 is 28.2 Å². The van der Waals surface area contributed by atoms with Crippen LogP contribution in [0.1, 0.15) is 33.7 Å². The fraction of sp³-hybridized carbons (Fsp3) is 0.500. The van der Waals surface area contributed by atoms with Crippen LogP contribution in [0.2, 0.25) is 0 Å². The van der Waals surface area contributed by atoms with Crippen LogP contribution in [0.5, 0.6) is 0 Å². The summed E-state index contributed by atoms with van der Waals surface area (Å²) in [5, 5.41) is 2.74. The molecule has 0 unspecified atom stereocenters. The zero-order valence-corrected chi connectivity index (χ0v) is 18.9. The maximum atomic E-state index is 12.7. The molecule has 0 spiro atoms. The van der Waals surface area contributed by atoms with Gasteiger partial charge in [-0.3, -0.25) is 4.79 Å². The van der Waals surface area contributed by atoms with E-state index in [1.54, 1.807) is 38.3 Å². The van der Waals surface area contributed by atoms with Gasteiger partial charge in [-0.25, -0.2) is 4.79 Å². The summed E-state index contributed by atoms with van der Waals surface area (Å²) < 4.78 is 20.7. The van der Waals surface area contributed by atoms with E-state index in [0.29, 0.717) is 31.5 Å². The standard InChI is InChI=1S/C22H30N4O6/c1-25(10-11-29-2)22-24-19(14-32-22)20(27)23-18-8-7-15(12-17(18)21(28)31-4)26-9-5-6-16(26)13-30-3/h7-8,12,14,16H,5-6,9-11,13H2,1-4H3,(H,23,27)/t16-/m1/s1. The number of nitrogens with zero attached hydrogens (tertiary/aromatic N) is 3. The highest BCUT2D eigenvalue weighted by Crippen LogP contribution is 2.30. The van der Waals surface area contributed by atoms with Crippen molar-refractivity contribution in [3.63, 3.8) is 0 Å². The quantitative estimate of drug-likeness (QED) is 0.551. The van der Waals surface area contributed by atoms with Gasteiger partial charge in [0.2, 0.25) is 0 Å². The van der Waals surface area contributed by atoms with Gasteiger partial charge in [-0.15, -0.1) is 0 Å². The lowest BCUT2D eigenvalue weighted by Gasteiger charge is -2.27. The van der Waals surface area contributed by atoms with Crippen molar-refractivity contribution in [3.05, 3.63) is 35.7 Å². The Morgan fingerprint density at radius 2 is 2.09 bits per heavy atom. The largest absolute Gasteiger partial charge is 0.465 e. The maximum absolute atomic E-state index is 12.7. The van der Waals surface area contributed by atoms with Crippen molar-refractivity contribution in [1.29, 1.82) is 0 Å². The molecule has 1 N–H and O–H groups in total. The van der Waals surface area contributed by atoms with Gasteiger partial charge >= 0.3 is 5.97 Å². The van der Waals surface area contributed by atoms with Crippen LogP contribution in [-0.2, 0) is 14.2 Å². The molecule has 0 bridgehead atoms. The molecule has 1 fully saturated rings. The summed E-state index contributed by atoms with van der Waals surface area (Å²) in [7, 11) is 6.38. The van der Waals surface area contributed by atoms with Crippen molar-refractivity contribution in [2.75, 3.05) is 69.8 Å². The second-order valence-corrected chi connectivity index (χ2v) is 7.55. The first-order valence-corrected chi connectivity index (χ1v) is 10.4. The zero-order valence-electron chi connectivity index (χ0n) is 18.9. The first-order valence-electron chi connectivity index (χ1n) is 10.4. The molecule has 1 aliphatic heterocycles. The number of carbonyl (C=O) groups excluding carboxylic acids is 2. The summed E-state index contributed by atoms with van der Waals surface area (Å²) in [4.78, 5) is 33.4. The number of methoxy groups -OCH3 is 3. The van der Waals surface area contributed by atoms with E-state index in [1.165, 1.54) is 13.4 Å². The molecule has 0 aliphatic carbocycles. The molecule has 32 heavy (non-hydrogen) atoms. The average Bonchev–Trinajstić information content (AvgIpc) is 3.47. The number of anilines is 3. The summed E-state index contributed by atoms with van der Waals surface area (Å²) in [5.41, 5.74) is 1.59. The van der Waals surface area contributed by atoms with Crippen LogP contribution in [0.3, 0.4) is 0 Å². The van der Waals surface area contributed by atoms with Crippen molar-refractivity contribution in [2.45, 2.75) is 18.9 Å². The molecule has 1 saturated heterocycles. The molecule has 1 aliphatic rings. The van der Waals surface area contributed by atoms with Crippen molar-refractivity contribution in [1.82, 2.24) is 4.98 Å². The predicted octanol–water partition coefficient (Wildman–Crippen LogP) is 2.41. The fourth-order valence-electron chi connectivity index (χ4n) is 3.69. The summed E-state index contributed by atoms with van der Waals surface area (Å²) in [6.45, 7) is 2.54. The topological polar surface area (TPSA) is 106 Å². The molecule has 3 rings (SSSR count). The number of aromatic nitrogens is 1. The van der Waals surface area contributed by atoms with Crippen LogP contribution < -0.4 is 15.1 Å². The molecule has 1 aromatic carbocycles. The molecule has 0 radical (unpaired) electrons. The fourth-order valence-corrected chi connectivity index (χ4v) is 3.69. The summed E-state index contributed by atoms with van der Waals surface area (Å²) in [5.74, 6) is -1.03. The molecule has 1 aromatic heterocycles. The number of rotatable bonds is 10. The van der Waals surface area contributed by atoms with Crippen molar-refractivity contribution in [2.24, 2.45) is 0 Å². The number of carbonyl (C=O) groups is 2. The van der Waals surface area contributed by atoms with Crippen molar-refractivity contribution >= 4 is 29.3 Å². The van der Waals surface area contributed by atoms with Gasteiger partial charge in [-0.2, -0.15) is 4.98 Å². The number of amides is 1. The first kappa shape index (κ1) is 23.6. The van der Waals surface area contributed by atoms with Crippen LogP contribution in [0.25, 0.3) is 0 Å². The van der Waals surface area contributed by atoms with Crippen LogP contribution >= 0.6 is 0 Å². The summed E-state index contributed by atoms with van der Waals surface area (Å²) in [6.07, 6.45) is 3.35. The van der Waals surface area contributed by atoms with Gasteiger partial charge < -0.3 is 33.7 Å². The molecule has 2 heterocycles. The Bertz CT molecular complexity index is 931. The van der Waals surface area contributed by atoms with Gasteiger partial charge in [-0.05, 0) is 31.0 Å². The number of ether oxygens (including phenoxy) is 3. The molecule has 10 heteroatoms. The van der Waals surface area contributed by atoms with Gasteiger partial charge in [0.05, 0.1) is 37.6 Å². The lowest BCUT2D eigenvalue weighted by molar-refractivity contribution is 0.0602. The molecule has 174 valence electrons. The molecule has 0 saturated carbocycles. The zero-order chi connectivity index (χ0) is 23.1. The van der Waals surface area contributed by atoms with E-state index in [0.717, 1.165) is 25.1 Å². The van der Waals surface area contributed by atoms with Gasteiger partial charge in [0.15, 0.2) is 5.69 Å². The molecular weight excluding hydrogens is 416 g/mol. The lowest BCUT2D eigenvalue weighted by Crippen LogP contribution is -2.33. The minimum Gasteiger partial charge on any atom is -0.465 e. The van der Waals surface area contributed by atoms with Gasteiger partial charge in [0.1, 0.15) is 6.26 Å². The normalized spacial score (nSPS) is 15.6. The van der Waals surface area contributed by atoms with Gasteiger partial charge in [0, 0.05) is 40.0 Å². The van der Waals surface area contributed by atoms with E-state index in [4.69, 9.17) is 18.6 Å². The average molecular weight is 447 g/mol. The Morgan fingerprint density at radius 3 is 2.81 bits per heavy atom. The highest BCUT2D eigenvalue weighted by Gasteiger charge is 2.26. The van der Waals surface area contributed by atoms with Crippen molar-refractivity contribution in [3.8, 4) is 0 Å². The highest BCUT2D eigenvalue weighted by molar-refractivity contribution is 6.07. The highest BCUT2D eigenvalue weighted by atomic mass is 16.5. The van der Waals surface area contributed by atoms with E-state index in [-0.39, 0.29) is 17.3 Å². The Kier molecular flexibility index (Phi) is 8.07. The number of oxazole rings is 1. The number of hydrogen-bond acceptors (Lipinski definition) is 9. The molecule has 2 aromatic rings. The van der Waals surface area contributed by atoms with E-state index in [1.807, 2.05) is 6.07 Å². The summed E-state index contributed by atoms with van der Waals surface area (Å²) >= 11 is 0. The molecular formula is C22H30N4O6. The number of nitrogens with one attached hydrogen (secondary N) is 1. The molecule has 10 nitrogen and oxygen atoms in total. The summed E-state index contributed by atoms with van der Waals surface area (Å²) in [6, 6.07) is 5.86. The lowest BCUT2D eigenvalue weighted by atomic mass is 10.1. The SMILES string of the molecule is COCCN(C)c1nc(C(=O)Nc2ccc(N3CCC[C@@H]3COC)cc2C(=O)OC)co1. The Hall–Kier alpha value is -3.11. The predicted molar refractivity (Wildman–Crippen MR) is 120 cm³/mol. The molecule has 1 amide bonds. The van der Waals surface area contributed by atoms with Crippen LogP contribution in [-0.4, -0.2) is 77.6 Å². The van der Waals surface area contributed by atoms with E-state index >= 15 is 0 Å².